The van der Waals surface area contributed by atoms with E-state index in [1.54, 1.807) is 0 Å². The Kier molecular flexibility index (Phi) is 3.03. The quantitative estimate of drug-likeness (QED) is 0.872. The van der Waals surface area contributed by atoms with Crippen molar-refractivity contribution in [1.29, 1.82) is 0 Å². The number of hydrogen-bond donors (Lipinski definition) is 1. The molecule has 0 aliphatic carbocycles. The molecule has 0 saturated carbocycles. The maximum Gasteiger partial charge on any atom is 0.162 e. The first-order valence-electron chi connectivity index (χ1n) is 5.64. The summed E-state index contributed by atoms with van der Waals surface area (Å²) in [6, 6.07) is 6.10. The van der Waals surface area contributed by atoms with Crippen molar-refractivity contribution in [2.24, 2.45) is 0 Å². The number of halogens is 1. The van der Waals surface area contributed by atoms with Gasteiger partial charge in [-0.15, -0.1) is 0 Å². The molecule has 2 N–H and O–H groups in total. The molecule has 1 aromatic heterocycles. The molecule has 5 heteroatoms. The van der Waals surface area contributed by atoms with Gasteiger partial charge in [-0.1, -0.05) is 15.9 Å². The summed E-state index contributed by atoms with van der Waals surface area (Å²) in [7, 11) is 0. The Balaban J connectivity index is 2.15. The maximum absolute atomic E-state index is 6.02. The van der Waals surface area contributed by atoms with Crippen LogP contribution in [-0.2, 0) is 11.5 Å². The molecule has 3 nitrogen and oxygen atoms in total. The zero-order chi connectivity index (χ0) is 12.7. The number of anilines is 1. The van der Waals surface area contributed by atoms with Gasteiger partial charge in [-0.05, 0) is 30.7 Å². The number of rotatable bonds is 1. The second-order valence-corrected chi connectivity index (χ2v) is 6.21. The summed E-state index contributed by atoms with van der Waals surface area (Å²) in [6.45, 7) is 2.06. The Bertz CT molecular complexity index is 628. The molecule has 3 rings (SSSR count). The van der Waals surface area contributed by atoms with Crippen LogP contribution in [0.5, 0.6) is 0 Å². The highest BCUT2D eigenvalue weighted by molar-refractivity contribution is 9.10. The SMILES string of the molecule is Cc1cc(Br)ccc1-c1nc(N)c2c(n1)CSC2. The van der Waals surface area contributed by atoms with E-state index in [2.05, 4.69) is 38.9 Å². The lowest BCUT2D eigenvalue weighted by Crippen LogP contribution is -2.03. The fourth-order valence-electron chi connectivity index (χ4n) is 2.07. The number of nitrogen functional groups attached to an aromatic ring is 1. The van der Waals surface area contributed by atoms with Crippen LogP contribution in [0, 0.1) is 6.92 Å². The van der Waals surface area contributed by atoms with Crippen molar-refractivity contribution in [3.8, 4) is 11.4 Å². The van der Waals surface area contributed by atoms with Crippen molar-refractivity contribution in [2.75, 3.05) is 5.73 Å². The van der Waals surface area contributed by atoms with Crippen molar-refractivity contribution in [3.05, 3.63) is 39.5 Å². The molecule has 0 fully saturated rings. The summed E-state index contributed by atoms with van der Waals surface area (Å²) >= 11 is 5.30. The lowest BCUT2D eigenvalue weighted by atomic mass is 10.1. The molecule has 0 atom stereocenters. The third-order valence-electron chi connectivity index (χ3n) is 3.04. The van der Waals surface area contributed by atoms with E-state index >= 15 is 0 Å². The molecular formula is C13H12BrN3S. The molecule has 18 heavy (non-hydrogen) atoms. The highest BCUT2D eigenvalue weighted by Gasteiger charge is 2.19. The Morgan fingerprint density at radius 1 is 1.28 bits per heavy atom. The number of aromatic nitrogens is 2. The molecule has 2 aromatic rings. The topological polar surface area (TPSA) is 51.8 Å². The van der Waals surface area contributed by atoms with E-state index in [1.807, 2.05) is 23.9 Å². The molecule has 0 spiro atoms. The van der Waals surface area contributed by atoms with E-state index in [9.17, 15) is 0 Å². The third kappa shape index (κ3) is 2.01. The maximum atomic E-state index is 6.02. The zero-order valence-corrected chi connectivity index (χ0v) is 12.3. The lowest BCUT2D eigenvalue weighted by Gasteiger charge is -2.08. The molecule has 2 heterocycles. The smallest absolute Gasteiger partial charge is 0.162 e. The number of nitrogens with zero attached hydrogens (tertiary/aromatic N) is 2. The van der Waals surface area contributed by atoms with Gasteiger partial charge in [0.2, 0.25) is 0 Å². The van der Waals surface area contributed by atoms with Gasteiger partial charge >= 0.3 is 0 Å². The fourth-order valence-corrected chi connectivity index (χ4v) is 3.60. The van der Waals surface area contributed by atoms with Gasteiger partial charge in [0.15, 0.2) is 5.82 Å². The number of fused-ring (bicyclic) bond motifs is 1. The van der Waals surface area contributed by atoms with E-state index in [0.717, 1.165) is 44.2 Å². The standard InChI is InChI=1S/C13H12BrN3S/c1-7-4-8(14)2-3-9(7)13-16-11-6-18-5-10(11)12(15)17-13/h2-4H,5-6H2,1H3,(H2,15,16,17). The molecule has 1 aliphatic heterocycles. The van der Waals surface area contributed by atoms with Crippen molar-refractivity contribution in [1.82, 2.24) is 9.97 Å². The minimum Gasteiger partial charge on any atom is -0.383 e. The summed E-state index contributed by atoms with van der Waals surface area (Å²) in [6.07, 6.45) is 0. The predicted octanol–water partition coefficient (Wildman–Crippen LogP) is 3.54. The third-order valence-corrected chi connectivity index (χ3v) is 4.50. The average molecular weight is 322 g/mol. The Hall–Kier alpha value is -1.07. The molecule has 0 saturated heterocycles. The van der Waals surface area contributed by atoms with Crippen LogP contribution in [-0.4, -0.2) is 9.97 Å². The van der Waals surface area contributed by atoms with E-state index < -0.39 is 0 Å². The van der Waals surface area contributed by atoms with Crippen molar-refractivity contribution < 1.29 is 0 Å². The van der Waals surface area contributed by atoms with Crippen LogP contribution in [0.1, 0.15) is 16.8 Å². The summed E-state index contributed by atoms with van der Waals surface area (Å²) < 4.78 is 1.06. The van der Waals surface area contributed by atoms with Gasteiger partial charge in [0.25, 0.3) is 0 Å². The summed E-state index contributed by atoms with van der Waals surface area (Å²) in [5.74, 6) is 3.23. The zero-order valence-electron chi connectivity index (χ0n) is 9.90. The number of benzene rings is 1. The Morgan fingerprint density at radius 3 is 2.89 bits per heavy atom. The second kappa shape index (κ2) is 4.55. The summed E-state index contributed by atoms with van der Waals surface area (Å²) in [5.41, 5.74) is 10.4. The van der Waals surface area contributed by atoms with Crippen molar-refractivity contribution in [2.45, 2.75) is 18.4 Å². The minimum atomic E-state index is 0.627. The van der Waals surface area contributed by atoms with Crippen LogP contribution in [0.15, 0.2) is 22.7 Å². The number of aryl methyl sites for hydroxylation is 1. The molecule has 0 unspecified atom stereocenters. The van der Waals surface area contributed by atoms with Crippen LogP contribution < -0.4 is 5.73 Å². The highest BCUT2D eigenvalue weighted by Crippen LogP contribution is 2.33. The van der Waals surface area contributed by atoms with Crippen LogP contribution in [0.3, 0.4) is 0 Å². The number of hydrogen-bond acceptors (Lipinski definition) is 4. The Labute approximate surface area is 118 Å². The van der Waals surface area contributed by atoms with Gasteiger partial charge in [0.05, 0.1) is 5.69 Å². The normalized spacial score (nSPS) is 13.7. The average Bonchev–Trinajstić information content (AvgIpc) is 2.77. The number of thioether (sulfide) groups is 1. The van der Waals surface area contributed by atoms with E-state index in [-0.39, 0.29) is 0 Å². The molecule has 1 aliphatic rings. The highest BCUT2D eigenvalue weighted by atomic mass is 79.9. The Morgan fingerprint density at radius 2 is 2.11 bits per heavy atom. The fraction of sp³-hybridized carbons (Fsp3) is 0.231. The van der Waals surface area contributed by atoms with Crippen molar-refractivity contribution >= 4 is 33.5 Å². The first kappa shape index (κ1) is 12.0. The first-order chi connectivity index (χ1) is 8.65. The van der Waals surface area contributed by atoms with Gasteiger partial charge in [-0.3, -0.25) is 0 Å². The summed E-state index contributed by atoms with van der Waals surface area (Å²) in [4.78, 5) is 9.09. The van der Waals surface area contributed by atoms with Gasteiger partial charge in [0, 0.05) is 27.1 Å². The monoisotopic (exact) mass is 321 g/mol. The molecule has 0 radical (unpaired) electrons. The molecule has 1 aromatic carbocycles. The van der Waals surface area contributed by atoms with Gasteiger partial charge in [-0.2, -0.15) is 11.8 Å². The van der Waals surface area contributed by atoms with Gasteiger partial charge in [-0.25, -0.2) is 9.97 Å². The summed E-state index contributed by atoms with van der Waals surface area (Å²) in [5, 5.41) is 0. The van der Waals surface area contributed by atoms with Crippen LogP contribution in [0.25, 0.3) is 11.4 Å². The largest absolute Gasteiger partial charge is 0.383 e. The van der Waals surface area contributed by atoms with E-state index in [0.29, 0.717) is 5.82 Å². The van der Waals surface area contributed by atoms with Crippen LogP contribution >= 0.6 is 27.7 Å². The van der Waals surface area contributed by atoms with E-state index in [4.69, 9.17) is 5.73 Å². The lowest BCUT2D eigenvalue weighted by molar-refractivity contribution is 1.08. The predicted molar refractivity (Wildman–Crippen MR) is 79.3 cm³/mol. The second-order valence-electron chi connectivity index (χ2n) is 4.31. The van der Waals surface area contributed by atoms with Crippen LogP contribution in [0.2, 0.25) is 0 Å². The van der Waals surface area contributed by atoms with Crippen LogP contribution in [0.4, 0.5) is 5.82 Å². The van der Waals surface area contributed by atoms with Gasteiger partial charge in [0.1, 0.15) is 5.82 Å². The van der Waals surface area contributed by atoms with Gasteiger partial charge < -0.3 is 5.73 Å². The molecule has 0 bridgehead atoms. The molecule has 92 valence electrons. The minimum absolute atomic E-state index is 0.627. The number of nitrogens with two attached hydrogens (primary N) is 1. The van der Waals surface area contributed by atoms with Crippen molar-refractivity contribution in [3.63, 3.8) is 0 Å². The molecular weight excluding hydrogens is 310 g/mol. The van der Waals surface area contributed by atoms with E-state index in [1.165, 1.54) is 0 Å². The first-order valence-corrected chi connectivity index (χ1v) is 7.59. The molecule has 0 amide bonds.